The summed E-state index contributed by atoms with van der Waals surface area (Å²) in [4.78, 5) is 46.7. The number of alkyl carbamates (subject to hydrolysis) is 1. The van der Waals surface area contributed by atoms with Gasteiger partial charge in [0.1, 0.15) is 17.7 Å². The quantitative estimate of drug-likeness (QED) is 0.271. The smallest absolute Gasteiger partial charge is 0.408 e. The molecule has 2 aromatic heterocycles. The van der Waals surface area contributed by atoms with Crippen LogP contribution in [0.25, 0.3) is 21.8 Å². The van der Waals surface area contributed by atoms with Crippen LogP contribution in [-0.4, -0.2) is 68.6 Å². The summed E-state index contributed by atoms with van der Waals surface area (Å²) in [5, 5.41) is 15.7. The van der Waals surface area contributed by atoms with Crippen LogP contribution in [0.4, 0.5) is 4.79 Å². The molecule has 216 valence electrons. The minimum atomic E-state index is -0.626. The molecular formula is C28H39N7O4S. The van der Waals surface area contributed by atoms with Gasteiger partial charge in [-0.2, -0.15) is 5.10 Å². The number of amides is 3. The van der Waals surface area contributed by atoms with E-state index in [2.05, 4.69) is 34.8 Å². The molecule has 3 amide bonds. The second-order valence-corrected chi connectivity index (χ2v) is 12.4. The SMILES string of the molecule is CSc1ncc2ccc3c(C(=O)NCC(C)C)nn(C4CCC(NC(=O)CNC(=O)OC(C)(C)C)CC4)c3c2n1. The summed E-state index contributed by atoms with van der Waals surface area (Å²) in [5.74, 6) is -0.135. The van der Waals surface area contributed by atoms with Gasteiger partial charge in [0, 0.05) is 29.6 Å². The van der Waals surface area contributed by atoms with Gasteiger partial charge in [-0.05, 0) is 64.7 Å². The topological polar surface area (TPSA) is 140 Å². The van der Waals surface area contributed by atoms with Gasteiger partial charge in [-0.1, -0.05) is 31.7 Å². The minimum absolute atomic E-state index is 0.0120. The molecule has 1 aliphatic carbocycles. The summed E-state index contributed by atoms with van der Waals surface area (Å²) in [6.07, 6.45) is 6.15. The molecule has 0 aliphatic heterocycles. The number of carbonyl (C=O) groups is 3. The van der Waals surface area contributed by atoms with Crippen LogP contribution < -0.4 is 16.0 Å². The van der Waals surface area contributed by atoms with E-state index in [1.165, 1.54) is 11.8 Å². The lowest BCUT2D eigenvalue weighted by atomic mass is 9.91. The highest BCUT2D eigenvalue weighted by Crippen LogP contribution is 2.35. The van der Waals surface area contributed by atoms with E-state index in [1.807, 2.05) is 23.1 Å². The van der Waals surface area contributed by atoms with Crippen LogP contribution in [0.5, 0.6) is 0 Å². The fourth-order valence-corrected chi connectivity index (χ4v) is 5.16. The van der Waals surface area contributed by atoms with E-state index < -0.39 is 11.7 Å². The van der Waals surface area contributed by atoms with Crippen LogP contribution >= 0.6 is 11.8 Å². The molecule has 0 saturated heterocycles. The predicted octanol–water partition coefficient (Wildman–Crippen LogP) is 4.21. The minimum Gasteiger partial charge on any atom is -0.444 e. The molecule has 3 aromatic rings. The Morgan fingerprint density at radius 2 is 1.85 bits per heavy atom. The van der Waals surface area contributed by atoms with Crippen molar-refractivity contribution in [1.29, 1.82) is 0 Å². The van der Waals surface area contributed by atoms with Crippen LogP contribution in [0.3, 0.4) is 0 Å². The summed E-state index contributed by atoms with van der Waals surface area (Å²) in [6, 6.07) is 3.89. The third-order valence-corrected chi connectivity index (χ3v) is 7.23. The molecular weight excluding hydrogens is 530 g/mol. The van der Waals surface area contributed by atoms with Gasteiger partial charge in [0.05, 0.1) is 11.6 Å². The summed E-state index contributed by atoms with van der Waals surface area (Å²) in [6.45, 7) is 9.83. The second kappa shape index (κ2) is 12.4. The number of nitrogens with one attached hydrogen (secondary N) is 3. The summed E-state index contributed by atoms with van der Waals surface area (Å²) in [5.41, 5.74) is 1.37. The number of rotatable bonds is 8. The van der Waals surface area contributed by atoms with Crippen molar-refractivity contribution in [2.24, 2.45) is 5.92 Å². The van der Waals surface area contributed by atoms with Crippen LogP contribution in [0.2, 0.25) is 0 Å². The monoisotopic (exact) mass is 569 g/mol. The maximum atomic E-state index is 13.2. The third-order valence-electron chi connectivity index (χ3n) is 6.66. The number of hydrogen-bond donors (Lipinski definition) is 3. The van der Waals surface area contributed by atoms with E-state index in [0.29, 0.717) is 23.3 Å². The van der Waals surface area contributed by atoms with Crippen LogP contribution in [0.1, 0.15) is 76.8 Å². The fraction of sp³-hybridized carbons (Fsp3) is 0.571. The lowest BCUT2D eigenvalue weighted by Gasteiger charge is -2.30. The van der Waals surface area contributed by atoms with Crippen molar-refractivity contribution in [1.82, 2.24) is 35.7 Å². The summed E-state index contributed by atoms with van der Waals surface area (Å²) < 4.78 is 7.15. The first-order chi connectivity index (χ1) is 18.9. The van der Waals surface area contributed by atoms with Gasteiger partial charge in [-0.25, -0.2) is 14.8 Å². The maximum Gasteiger partial charge on any atom is 0.408 e. The zero-order valence-corrected chi connectivity index (χ0v) is 24.9. The van der Waals surface area contributed by atoms with Crippen LogP contribution in [0.15, 0.2) is 23.5 Å². The number of fused-ring (bicyclic) bond motifs is 3. The Balaban J connectivity index is 1.52. The van der Waals surface area contributed by atoms with Crippen molar-refractivity contribution in [3.8, 4) is 0 Å². The average molecular weight is 570 g/mol. The first-order valence-electron chi connectivity index (χ1n) is 13.7. The molecule has 2 heterocycles. The van der Waals surface area contributed by atoms with Crippen molar-refractivity contribution in [3.63, 3.8) is 0 Å². The van der Waals surface area contributed by atoms with Gasteiger partial charge < -0.3 is 20.7 Å². The standard InChI is InChI=1S/C28H39N7O4S/c1-16(2)13-29-25(37)23-20-12-7-17-14-30-26(40-6)33-22(17)24(20)35(34-23)19-10-8-18(9-11-19)32-21(36)15-31-27(38)39-28(3,4)5/h7,12,14,16,18-19H,8-11,13,15H2,1-6H3,(H,29,37)(H,31,38)(H,32,36). The van der Waals surface area contributed by atoms with Crippen LogP contribution in [-0.2, 0) is 9.53 Å². The van der Waals surface area contributed by atoms with Gasteiger partial charge in [0.2, 0.25) is 5.91 Å². The van der Waals surface area contributed by atoms with Crippen molar-refractivity contribution in [2.75, 3.05) is 19.3 Å². The number of hydrogen-bond acceptors (Lipinski definition) is 8. The molecule has 3 N–H and O–H groups in total. The van der Waals surface area contributed by atoms with Gasteiger partial charge in [0.15, 0.2) is 10.9 Å². The molecule has 1 aromatic carbocycles. The van der Waals surface area contributed by atoms with E-state index in [1.54, 1.807) is 27.0 Å². The summed E-state index contributed by atoms with van der Waals surface area (Å²) >= 11 is 1.47. The molecule has 0 bridgehead atoms. The molecule has 1 saturated carbocycles. The Kier molecular flexibility index (Phi) is 9.17. The zero-order valence-electron chi connectivity index (χ0n) is 24.0. The fourth-order valence-electron chi connectivity index (χ4n) is 4.82. The summed E-state index contributed by atoms with van der Waals surface area (Å²) in [7, 11) is 0. The Hall–Kier alpha value is -3.41. The number of benzene rings is 1. The zero-order chi connectivity index (χ0) is 29.0. The molecule has 40 heavy (non-hydrogen) atoms. The molecule has 0 radical (unpaired) electrons. The van der Waals surface area contributed by atoms with Crippen molar-refractivity contribution in [3.05, 3.63) is 24.0 Å². The molecule has 0 atom stereocenters. The molecule has 12 heteroatoms. The number of nitrogens with zero attached hydrogens (tertiary/aromatic N) is 4. The van der Waals surface area contributed by atoms with Crippen molar-refractivity contribution >= 4 is 51.5 Å². The largest absolute Gasteiger partial charge is 0.444 e. The normalized spacial score (nSPS) is 17.7. The Morgan fingerprint density at radius 3 is 2.50 bits per heavy atom. The van der Waals surface area contributed by atoms with Gasteiger partial charge in [-0.15, -0.1) is 0 Å². The van der Waals surface area contributed by atoms with Gasteiger partial charge in [0.25, 0.3) is 5.91 Å². The first-order valence-corrected chi connectivity index (χ1v) is 14.9. The highest BCUT2D eigenvalue weighted by molar-refractivity contribution is 7.98. The highest BCUT2D eigenvalue weighted by Gasteiger charge is 2.29. The molecule has 0 unspecified atom stereocenters. The molecule has 0 spiro atoms. The Bertz CT molecular complexity index is 1390. The average Bonchev–Trinajstić information content (AvgIpc) is 3.30. The first kappa shape index (κ1) is 29.6. The molecule has 11 nitrogen and oxygen atoms in total. The molecule has 1 aliphatic rings. The number of thioether (sulfide) groups is 1. The predicted molar refractivity (Wildman–Crippen MR) is 155 cm³/mol. The maximum absolute atomic E-state index is 13.2. The number of aromatic nitrogens is 4. The molecule has 4 rings (SSSR count). The number of ether oxygens (including phenoxy) is 1. The van der Waals surface area contributed by atoms with Gasteiger partial charge in [-0.3, -0.25) is 14.3 Å². The van der Waals surface area contributed by atoms with E-state index in [0.717, 1.165) is 47.5 Å². The lowest BCUT2D eigenvalue weighted by molar-refractivity contribution is -0.121. The van der Waals surface area contributed by atoms with Crippen LogP contribution in [0, 0.1) is 5.92 Å². The highest BCUT2D eigenvalue weighted by atomic mass is 32.2. The van der Waals surface area contributed by atoms with Crippen molar-refractivity contribution in [2.45, 2.75) is 83.1 Å². The van der Waals surface area contributed by atoms with E-state index >= 15 is 0 Å². The van der Waals surface area contributed by atoms with E-state index in [4.69, 9.17) is 14.8 Å². The van der Waals surface area contributed by atoms with Gasteiger partial charge >= 0.3 is 6.09 Å². The second-order valence-electron chi connectivity index (χ2n) is 11.6. The van der Waals surface area contributed by atoms with Crippen molar-refractivity contribution < 1.29 is 19.1 Å². The lowest BCUT2D eigenvalue weighted by Crippen LogP contribution is -2.44. The molecule has 1 fully saturated rings. The van der Waals surface area contributed by atoms with E-state index in [-0.39, 0.29) is 30.4 Å². The van der Waals surface area contributed by atoms with E-state index in [9.17, 15) is 14.4 Å². The Morgan fingerprint density at radius 1 is 1.12 bits per heavy atom. The Labute approximate surface area is 238 Å². The number of carbonyl (C=O) groups excluding carboxylic acids is 3. The third kappa shape index (κ3) is 7.21.